The minimum absolute atomic E-state index is 0.0235. The van der Waals surface area contributed by atoms with E-state index in [4.69, 9.17) is 16.3 Å². The van der Waals surface area contributed by atoms with Crippen LogP contribution in [0, 0.1) is 0 Å². The summed E-state index contributed by atoms with van der Waals surface area (Å²) in [5, 5.41) is 1.45. The lowest BCUT2D eigenvalue weighted by atomic mass is 10.2. The number of anilines is 1. The fourth-order valence-electron chi connectivity index (χ4n) is 2.66. The summed E-state index contributed by atoms with van der Waals surface area (Å²) < 4.78 is 56.3. The van der Waals surface area contributed by atoms with Crippen molar-refractivity contribution in [3.05, 3.63) is 65.0 Å². The Hall–Kier alpha value is -2.03. The van der Waals surface area contributed by atoms with Gasteiger partial charge in [0.05, 0.1) is 29.5 Å². The van der Waals surface area contributed by atoms with Crippen LogP contribution in [0.1, 0.15) is 0 Å². The van der Waals surface area contributed by atoms with Crippen molar-refractivity contribution in [3.63, 3.8) is 0 Å². The van der Waals surface area contributed by atoms with Gasteiger partial charge >= 0.3 is 0 Å². The van der Waals surface area contributed by atoms with Crippen molar-refractivity contribution in [2.75, 3.05) is 17.2 Å². The third kappa shape index (κ3) is 3.72. The topological polar surface area (TPSA) is 80.8 Å². The Morgan fingerprint density at radius 1 is 1.08 bits per heavy atom. The molecule has 9 heteroatoms. The molecule has 1 atom stereocenters. The predicted molar refractivity (Wildman–Crippen MR) is 101 cm³/mol. The third-order valence-corrected chi connectivity index (χ3v) is 7.41. The summed E-state index contributed by atoms with van der Waals surface area (Å²) in [5.41, 5.74) is 0.340. The number of ether oxygens (including phenoxy) is 1. The molecule has 0 spiro atoms. The van der Waals surface area contributed by atoms with E-state index in [0.29, 0.717) is 16.5 Å². The SMILES string of the molecule is COc1ccc(N([C@@H]2C=CS(=O)(=O)C2)S(=O)(=O)c2ccc(Cl)cc2)cc1. The van der Waals surface area contributed by atoms with Crippen molar-refractivity contribution in [2.24, 2.45) is 0 Å². The summed E-state index contributed by atoms with van der Waals surface area (Å²) in [4.78, 5) is 0.0235. The molecule has 0 saturated carbocycles. The highest BCUT2D eigenvalue weighted by atomic mass is 35.5. The van der Waals surface area contributed by atoms with Crippen molar-refractivity contribution in [3.8, 4) is 5.75 Å². The molecule has 0 bridgehead atoms. The van der Waals surface area contributed by atoms with Crippen LogP contribution in [0.2, 0.25) is 5.02 Å². The van der Waals surface area contributed by atoms with Gasteiger partial charge in [0.25, 0.3) is 10.0 Å². The van der Waals surface area contributed by atoms with Gasteiger partial charge in [-0.3, -0.25) is 4.31 Å². The molecule has 6 nitrogen and oxygen atoms in total. The molecular weight excluding hydrogens is 398 g/mol. The first-order valence-electron chi connectivity index (χ1n) is 7.58. The Bertz CT molecular complexity index is 1030. The number of hydrogen-bond donors (Lipinski definition) is 0. The second-order valence-electron chi connectivity index (χ2n) is 5.68. The zero-order valence-electron chi connectivity index (χ0n) is 13.7. The second kappa shape index (κ2) is 6.94. The van der Waals surface area contributed by atoms with Crippen molar-refractivity contribution < 1.29 is 21.6 Å². The number of benzene rings is 2. The van der Waals surface area contributed by atoms with Crippen molar-refractivity contribution in [1.29, 1.82) is 0 Å². The first kappa shape index (κ1) is 18.8. The molecule has 0 saturated heterocycles. The smallest absolute Gasteiger partial charge is 0.264 e. The second-order valence-corrected chi connectivity index (χ2v) is 9.86. The molecule has 1 aliphatic heterocycles. The number of nitrogens with zero attached hydrogens (tertiary/aromatic N) is 1. The maximum Gasteiger partial charge on any atom is 0.264 e. The first-order chi connectivity index (χ1) is 12.2. The molecular formula is C17H16ClNO5S2. The number of methoxy groups -OCH3 is 1. The van der Waals surface area contributed by atoms with Gasteiger partial charge in [0.2, 0.25) is 0 Å². The zero-order chi connectivity index (χ0) is 18.9. The number of sulfonamides is 1. The minimum atomic E-state index is -4.01. The van der Waals surface area contributed by atoms with Gasteiger partial charge in [0.1, 0.15) is 5.75 Å². The third-order valence-electron chi connectivity index (χ3n) is 3.91. The average Bonchev–Trinajstić information content (AvgIpc) is 2.95. The quantitative estimate of drug-likeness (QED) is 0.752. The van der Waals surface area contributed by atoms with Crippen LogP contribution in [-0.2, 0) is 19.9 Å². The Morgan fingerprint density at radius 2 is 1.69 bits per heavy atom. The largest absolute Gasteiger partial charge is 0.497 e. The molecule has 0 aliphatic carbocycles. The Labute approximate surface area is 157 Å². The molecule has 2 aromatic rings. The van der Waals surface area contributed by atoms with Gasteiger partial charge in [-0.2, -0.15) is 0 Å². The Balaban J connectivity index is 2.10. The van der Waals surface area contributed by atoms with Gasteiger partial charge in [-0.25, -0.2) is 16.8 Å². The highest BCUT2D eigenvalue weighted by molar-refractivity contribution is 7.95. The van der Waals surface area contributed by atoms with E-state index in [1.807, 2.05) is 0 Å². The van der Waals surface area contributed by atoms with Gasteiger partial charge in [0.15, 0.2) is 9.84 Å². The maximum absolute atomic E-state index is 13.2. The van der Waals surface area contributed by atoms with Gasteiger partial charge < -0.3 is 4.74 Å². The standard InChI is InChI=1S/C17H16ClNO5S2/c1-24-16-6-4-14(5-7-16)19(15-10-11-25(20,21)12-15)26(22,23)17-8-2-13(18)3-9-17/h2-11,15H,12H2,1H3/t15-/m1/s1. The Kier molecular flexibility index (Phi) is 5.01. The molecule has 0 radical (unpaired) electrons. The zero-order valence-corrected chi connectivity index (χ0v) is 16.1. The molecule has 1 aliphatic rings. The van der Waals surface area contributed by atoms with E-state index in [9.17, 15) is 16.8 Å². The lowest BCUT2D eigenvalue weighted by Crippen LogP contribution is -2.41. The number of halogens is 1. The van der Waals surface area contributed by atoms with E-state index < -0.39 is 25.9 Å². The monoisotopic (exact) mass is 413 g/mol. The number of rotatable bonds is 5. The molecule has 0 N–H and O–H groups in total. The molecule has 0 unspecified atom stereocenters. The van der Waals surface area contributed by atoms with E-state index in [1.165, 1.54) is 37.5 Å². The van der Waals surface area contributed by atoms with Gasteiger partial charge in [0, 0.05) is 10.4 Å². The van der Waals surface area contributed by atoms with Crippen LogP contribution in [0.5, 0.6) is 5.75 Å². The van der Waals surface area contributed by atoms with E-state index in [1.54, 1.807) is 24.3 Å². The van der Waals surface area contributed by atoms with Crippen LogP contribution in [0.4, 0.5) is 5.69 Å². The van der Waals surface area contributed by atoms with E-state index in [-0.39, 0.29) is 10.6 Å². The molecule has 2 aromatic carbocycles. The molecule has 0 aromatic heterocycles. The number of sulfone groups is 1. The lowest BCUT2D eigenvalue weighted by molar-refractivity contribution is 0.415. The van der Waals surface area contributed by atoms with Crippen molar-refractivity contribution in [2.45, 2.75) is 10.9 Å². The normalized spacial score (nSPS) is 18.6. The summed E-state index contributed by atoms with van der Waals surface area (Å²) in [6, 6.07) is 11.3. The maximum atomic E-state index is 13.2. The van der Waals surface area contributed by atoms with Crippen molar-refractivity contribution >= 4 is 37.1 Å². The molecule has 0 amide bonds. The van der Waals surface area contributed by atoms with E-state index in [0.717, 1.165) is 9.71 Å². The van der Waals surface area contributed by atoms with Gasteiger partial charge in [-0.05, 0) is 54.6 Å². The van der Waals surface area contributed by atoms with Gasteiger partial charge in [-0.1, -0.05) is 11.6 Å². The summed E-state index contributed by atoms with van der Waals surface area (Å²) in [6.45, 7) is 0. The molecule has 26 heavy (non-hydrogen) atoms. The number of hydrogen-bond acceptors (Lipinski definition) is 5. The highest BCUT2D eigenvalue weighted by Crippen LogP contribution is 2.31. The fourth-order valence-corrected chi connectivity index (χ4v) is 5.76. The molecule has 1 heterocycles. The molecule has 3 rings (SSSR count). The van der Waals surface area contributed by atoms with Crippen LogP contribution in [0.3, 0.4) is 0 Å². The van der Waals surface area contributed by atoms with Crippen LogP contribution in [-0.4, -0.2) is 35.7 Å². The van der Waals surface area contributed by atoms with Gasteiger partial charge in [-0.15, -0.1) is 0 Å². The van der Waals surface area contributed by atoms with E-state index >= 15 is 0 Å². The summed E-state index contributed by atoms with van der Waals surface area (Å²) in [7, 11) is -5.95. The first-order valence-corrected chi connectivity index (χ1v) is 11.1. The molecule has 138 valence electrons. The van der Waals surface area contributed by atoms with E-state index in [2.05, 4.69) is 0 Å². The lowest BCUT2D eigenvalue weighted by Gasteiger charge is -2.29. The van der Waals surface area contributed by atoms with Crippen LogP contribution < -0.4 is 9.04 Å². The summed E-state index contributed by atoms with van der Waals surface area (Å²) in [6.07, 6.45) is 1.38. The van der Waals surface area contributed by atoms with Crippen LogP contribution >= 0.6 is 11.6 Å². The average molecular weight is 414 g/mol. The summed E-state index contributed by atoms with van der Waals surface area (Å²) in [5.74, 6) is 0.249. The van der Waals surface area contributed by atoms with Crippen LogP contribution in [0.15, 0.2) is 64.9 Å². The highest BCUT2D eigenvalue weighted by Gasteiger charge is 2.35. The van der Waals surface area contributed by atoms with Crippen LogP contribution in [0.25, 0.3) is 0 Å². The molecule has 0 fully saturated rings. The predicted octanol–water partition coefficient (Wildman–Crippen LogP) is 2.85. The Morgan fingerprint density at radius 3 is 2.19 bits per heavy atom. The minimum Gasteiger partial charge on any atom is -0.497 e. The summed E-state index contributed by atoms with van der Waals surface area (Å²) >= 11 is 5.84. The van der Waals surface area contributed by atoms with Crippen molar-refractivity contribution in [1.82, 2.24) is 0 Å². The fraction of sp³-hybridized carbons (Fsp3) is 0.176.